The summed E-state index contributed by atoms with van der Waals surface area (Å²) in [6, 6.07) is 6.92. The number of nitro benzene ring substituents is 2. The molecule has 0 bridgehead atoms. The van der Waals surface area contributed by atoms with Crippen molar-refractivity contribution >= 4 is 39.0 Å². The Labute approximate surface area is 192 Å². The predicted octanol–water partition coefficient (Wildman–Crippen LogP) is 1.65. The molecular weight excluding hydrogens is 474 g/mol. The van der Waals surface area contributed by atoms with E-state index in [0.29, 0.717) is 4.90 Å². The highest BCUT2D eigenvalue weighted by Gasteiger charge is 2.47. The van der Waals surface area contributed by atoms with Gasteiger partial charge in [0.2, 0.25) is 0 Å². The summed E-state index contributed by atoms with van der Waals surface area (Å²) in [6.07, 6.45) is 0.386. The lowest BCUT2D eigenvalue weighted by atomic mass is 10.1. The van der Waals surface area contributed by atoms with Crippen molar-refractivity contribution < 1.29 is 37.4 Å². The van der Waals surface area contributed by atoms with Crippen molar-refractivity contribution in [2.45, 2.75) is 19.1 Å². The van der Waals surface area contributed by atoms with Gasteiger partial charge in [-0.05, 0) is 18.1 Å². The van der Waals surface area contributed by atoms with Gasteiger partial charge in [0.25, 0.3) is 23.2 Å². The van der Waals surface area contributed by atoms with Crippen LogP contribution in [0.1, 0.15) is 32.7 Å². The van der Waals surface area contributed by atoms with E-state index in [1.165, 1.54) is 30.3 Å². The number of nitro groups is 2. The molecule has 2 aromatic carbocycles. The minimum Gasteiger partial charge on any atom is -0.459 e. The number of imide groups is 1. The van der Waals surface area contributed by atoms with Crippen molar-refractivity contribution in [1.29, 1.82) is 0 Å². The molecule has 2 amide bonds. The van der Waals surface area contributed by atoms with Crippen LogP contribution in [0.25, 0.3) is 0 Å². The fourth-order valence-electron chi connectivity index (χ4n) is 3.41. The zero-order valence-electron chi connectivity index (χ0n) is 17.6. The quantitative estimate of drug-likeness (QED) is 0.216. The summed E-state index contributed by atoms with van der Waals surface area (Å²) in [7, 11) is -3.63. The smallest absolute Gasteiger partial charge is 0.329 e. The van der Waals surface area contributed by atoms with E-state index in [9.17, 15) is 43.0 Å². The molecule has 13 nitrogen and oxygen atoms in total. The van der Waals surface area contributed by atoms with Gasteiger partial charge in [-0.1, -0.05) is 18.2 Å². The highest BCUT2D eigenvalue weighted by Crippen LogP contribution is 2.33. The number of esters is 1. The second-order valence-electron chi connectivity index (χ2n) is 7.41. The van der Waals surface area contributed by atoms with Gasteiger partial charge in [-0.15, -0.1) is 0 Å². The van der Waals surface area contributed by atoms with Crippen LogP contribution in [0, 0.1) is 20.2 Å². The summed E-state index contributed by atoms with van der Waals surface area (Å²) in [4.78, 5) is 59.9. The molecule has 0 saturated carbocycles. The van der Waals surface area contributed by atoms with E-state index in [4.69, 9.17) is 4.74 Å². The lowest BCUT2D eigenvalue weighted by Gasteiger charge is -2.24. The Bertz CT molecular complexity index is 1320. The number of amides is 2. The second kappa shape index (κ2) is 9.35. The van der Waals surface area contributed by atoms with E-state index in [-0.39, 0.29) is 16.8 Å². The van der Waals surface area contributed by atoms with Crippen LogP contribution in [-0.2, 0) is 26.0 Å². The predicted molar refractivity (Wildman–Crippen MR) is 115 cm³/mol. The minimum absolute atomic E-state index is 0.238. The van der Waals surface area contributed by atoms with E-state index in [1.807, 2.05) is 0 Å². The molecule has 1 heterocycles. The molecule has 1 aliphatic rings. The Hall–Kier alpha value is -4.20. The molecule has 0 radical (unpaired) electrons. The number of rotatable bonds is 9. The Balaban J connectivity index is 1.91. The number of nitrogens with zero attached hydrogens (tertiary/aromatic N) is 3. The third-order valence-corrected chi connectivity index (χ3v) is 5.95. The topological polar surface area (TPSA) is 184 Å². The lowest BCUT2D eigenvalue weighted by Crippen LogP contribution is -2.46. The monoisotopic (exact) mass is 491 g/mol. The molecule has 2 aromatic rings. The summed E-state index contributed by atoms with van der Waals surface area (Å²) in [5.74, 6) is -3.86. The van der Waals surface area contributed by atoms with E-state index < -0.39 is 73.5 Å². The first-order valence-electron chi connectivity index (χ1n) is 9.63. The Morgan fingerprint density at radius 1 is 1.06 bits per heavy atom. The van der Waals surface area contributed by atoms with Crippen molar-refractivity contribution in [3.63, 3.8) is 0 Å². The first-order valence-corrected chi connectivity index (χ1v) is 11.7. The van der Waals surface area contributed by atoms with Crippen LogP contribution in [-0.4, -0.2) is 59.0 Å². The highest BCUT2D eigenvalue weighted by atomic mass is 32.2. The van der Waals surface area contributed by atoms with Gasteiger partial charge in [0.05, 0.1) is 21.2 Å². The largest absolute Gasteiger partial charge is 0.459 e. The number of benzene rings is 2. The first-order chi connectivity index (χ1) is 15.9. The molecule has 3 rings (SSSR count). The first kappa shape index (κ1) is 24.4. The number of hydrogen-bond donors (Lipinski definition) is 0. The number of carbonyl (C=O) groups excluding carboxylic acids is 3. The molecule has 178 valence electrons. The van der Waals surface area contributed by atoms with Crippen LogP contribution in [0.4, 0.5) is 11.4 Å². The van der Waals surface area contributed by atoms with Crippen molar-refractivity contribution in [1.82, 2.24) is 4.90 Å². The zero-order valence-corrected chi connectivity index (χ0v) is 18.4. The number of carbonyl (C=O) groups is 3. The van der Waals surface area contributed by atoms with Gasteiger partial charge in [-0.3, -0.25) is 34.7 Å². The average Bonchev–Trinajstić information content (AvgIpc) is 3.02. The van der Waals surface area contributed by atoms with E-state index >= 15 is 0 Å². The molecule has 1 aliphatic heterocycles. The molecule has 0 aliphatic carbocycles. The van der Waals surface area contributed by atoms with E-state index in [1.54, 1.807) is 0 Å². The lowest BCUT2D eigenvalue weighted by molar-refractivity contribution is -0.385. The third-order valence-electron chi connectivity index (χ3n) is 4.97. The molecule has 0 fully saturated rings. The molecule has 0 spiro atoms. The van der Waals surface area contributed by atoms with Crippen molar-refractivity contribution in [3.8, 4) is 0 Å². The van der Waals surface area contributed by atoms with Crippen LogP contribution in [0.3, 0.4) is 0 Å². The SMILES string of the molecule is CS(=O)(=O)CC[C@@H](C(=O)OCc1cccc([N+](=O)[O-])c1)N1C(=O)c2cccc([N+](=O)[O-])c2C1=O. The maximum atomic E-state index is 13.0. The van der Waals surface area contributed by atoms with Gasteiger partial charge in [-0.2, -0.15) is 0 Å². The molecule has 14 heteroatoms. The number of fused-ring (bicyclic) bond motifs is 1. The number of ether oxygens (including phenoxy) is 1. The Morgan fingerprint density at radius 3 is 2.35 bits per heavy atom. The summed E-state index contributed by atoms with van der Waals surface area (Å²) < 4.78 is 28.5. The zero-order chi connectivity index (χ0) is 25.2. The fourth-order valence-corrected chi connectivity index (χ4v) is 4.06. The van der Waals surface area contributed by atoms with Gasteiger partial charge < -0.3 is 4.74 Å². The van der Waals surface area contributed by atoms with Gasteiger partial charge >= 0.3 is 5.97 Å². The summed E-state index contributed by atoms with van der Waals surface area (Å²) in [6.45, 7) is -0.459. The van der Waals surface area contributed by atoms with Gasteiger partial charge in [0.15, 0.2) is 0 Å². The molecule has 1 atom stereocenters. The van der Waals surface area contributed by atoms with Crippen LogP contribution < -0.4 is 0 Å². The Kier molecular flexibility index (Phi) is 6.72. The van der Waals surface area contributed by atoms with Gasteiger partial charge in [-0.25, -0.2) is 13.2 Å². The molecular formula is C20H17N3O10S. The normalized spacial score (nSPS) is 14.0. The van der Waals surface area contributed by atoms with Crippen molar-refractivity contribution in [2.75, 3.05) is 12.0 Å². The van der Waals surface area contributed by atoms with Gasteiger partial charge in [0, 0.05) is 24.5 Å². The van der Waals surface area contributed by atoms with Crippen molar-refractivity contribution in [2.24, 2.45) is 0 Å². The highest BCUT2D eigenvalue weighted by molar-refractivity contribution is 7.90. The molecule has 0 aromatic heterocycles. The standard InChI is InChI=1S/C20H17N3O10S/c1-34(31,32)9-8-16(20(26)33-11-12-4-2-5-13(10-12)22(27)28)21-18(24)14-6-3-7-15(23(29)30)17(14)19(21)25/h2-7,10,16H,8-9,11H2,1H3/t16-/m0/s1. The number of sulfone groups is 1. The van der Waals surface area contributed by atoms with E-state index in [0.717, 1.165) is 18.4 Å². The molecule has 0 unspecified atom stereocenters. The van der Waals surface area contributed by atoms with Crippen LogP contribution in [0.5, 0.6) is 0 Å². The van der Waals surface area contributed by atoms with Crippen molar-refractivity contribution in [3.05, 3.63) is 79.4 Å². The Morgan fingerprint density at radius 2 is 1.74 bits per heavy atom. The van der Waals surface area contributed by atoms with E-state index in [2.05, 4.69) is 0 Å². The third kappa shape index (κ3) is 5.06. The maximum Gasteiger partial charge on any atom is 0.329 e. The summed E-state index contributed by atoms with van der Waals surface area (Å²) in [5, 5.41) is 22.2. The molecule has 0 N–H and O–H groups in total. The maximum absolute atomic E-state index is 13.0. The van der Waals surface area contributed by atoms with Gasteiger partial charge in [0.1, 0.15) is 28.0 Å². The second-order valence-corrected chi connectivity index (χ2v) is 9.67. The number of hydrogen-bond acceptors (Lipinski definition) is 10. The fraction of sp³-hybridized carbons (Fsp3) is 0.250. The summed E-state index contributed by atoms with van der Waals surface area (Å²) in [5.41, 5.74) is -1.45. The van der Waals surface area contributed by atoms with Crippen LogP contribution in [0.15, 0.2) is 42.5 Å². The summed E-state index contributed by atoms with van der Waals surface area (Å²) >= 11 is 0. The molecule has 34 heavy (non-hydrogen) atoms. The minimum atomic E-state index is -3.63. The van der Waals surface area contributed by atoms with Crippen LogP contribution >= 0.6 is 0 Å². The van der Waals surface area contributed by atoms with Crippen LogP contribution in [0.2, 0.25) is 0 Å². The molecule has 0 saturated heterocycles. The average molecular weight is 491 g/mol. The number of non-ortho nitro benzene ring substituents is 1.